The summed E-state index contributed by atoms with van der Waals surface area (Å²) in [6, 6.07) is 0. The number of allylic oxidation sites excluding steroid dienone is 2. The molecule has 0 spiro atoms. The number of halogens is 1. The van der Waals surface area contributed by atoms with Gasteiger partial charge in [0.2, 0.25) is 0 Å². The van der Waals surface area contributed by atoms with E-state index >= 15 is 0 Å². The van der Waals surface area contributed by atoms with E-state index in [1.807, 2.05) is 6.92 Å². The third-order valence-electron chi connectivity index (χ3n) is 3.15. The second-order valence-electron chi connectivity index (χ2n) is 4.72. The van der Waals surface area contributed by atoms with E-state index in [2.05, 4.69) is 0 Å². The number of carbonyl (C=O) groups is 2. The van der Waals surface area contributed by atoms with Crippen LogP contribution < -0.4 is 0 Å². The topological polar surface area (TPSA) is 66.8 Å². The summed E-state index contributed by atoms with van der Waals surface area (Å²) < 4.78 is 5.61. The maximum absolute atomic E-state index is 11.7. The molecule has 108 valence electrons. The van der Waals surface area contributed by atoms with E-state index in [9.17, 15) is 14.7 Å². The van der Waals surface area contributed by atoms with Crippen LogP contribution in [0.3, 0.4) is 0 Å². The van der Waals surface area contributed by atoms with Crippen LogP contribution in [0.15, 0.2) is 34.9 Å². The largest absolute Gasteiger partial charge is 0.490 e. The minimum Gasteiger partial charge on any atom is -0.490 e. The first-order chi connectivity index (χ1) is 9.45. The Labute approximate surface area is 122 Å². The fourth-order valence-electron chi connectivity index (χ4n) is 2.25. The molecule has 0 aromatic carbocycles. The fourth-order valence-corrected chi connectivity index (χ4v) is 2.45. The van der Waals surface area contributed by atoms with Crippen molar-refractivity contribution in [1.82, 2.24) is 4.90 Å². The first-order valence-electron chi connectivity index (χ1n) is 6.39. The van der Waals surface area contributed by atoms with Gasteiger partial charge in [-0.15, -0.1) is 11.6 Å². The van der Waals surface area contributed by atoms with Crippen molar-refractivity contribution in [2.75, 3.05) is 13.7 Å². The van der Waals surface area contributed by atoms with Gasteiger partial charge in [-0.05, 0) is 18.1 Å². The highest BCUT2D eigenvalue weighted by Crippen LogP contribution is 2.36. The molecule has 1 aliphatic carbocycles. The van der Waals surface area contributed by atoms with E-state index in [1.54, 1.807) is 19.3 Å². The van der Waals surface area contributed by atoms with Crippen LogP contribution in [-0.2, 0) is 14.3 Å². The lowest BCUT2D eigenvalue weighted by Crippen LogP contribution is -2.30. The number of likely N-dealkylation sites (N-methyl/N-ethyl adjacent to an activating group) is 1. The number of Topliss-reactive ketones (excluding diaryl/α,β-unsaturated/α-hetero) is 1. The molecule has 0 bridgehead atoms. The molecule has 1 aliphatic heterocycles. The van der Waals surface area contributed by atoms with E-state index in [1.165, 1.54) is 4.90 Å². The molecule has 0 saturated carbocycles. The number of nitrogens with zero attached hydrogens (tertiary/aromatic N) is 1. The SMILES string of the molecule is CCCOC1=C(C(=O)O)N(C)C=C2CC(=O)C(Cl)C=C21. The maximum atomic E-state index is 11.7. The van der Waals surface area contributed by atoms with E-state index in [0.29, 0.717) is 12.2 Å². The molecule has 0 radical (unpaired) electrons. The average Bonchev–Trinajstić information content (AvgIpc) is 2.37. The number of hydrogen-bond donors (Lipinski definition) is 1. The molecule has 1 unspecified atom stereocenters. The Morgan fingerprint density at radius 2 is 2.30 bits per heavy atom. The summed E-state index contributed by atoms with van der Waals surface area (Å²) in [7, 11) is 1.62. The minimum atomic E-state index is -1.07. The van der Waals surface area contributed by atoms with Gasteiger partial charge in [-0.1, -0.05) is 6.92 Å². The number of ether oxygens (including phenoxy) is 1. The van der Waals surface area contributed by atoms with Gasteiger partial charge in [-0.3, -0.25) is 4.79 Å². The number of ketones is 1. The molecular weight excluding hydrogens is 282 g/mol. The van der Waals surface area contributed by atoms with E-state index in [4.69, 9.17) is 16.3 Å². The zero-order valence-corrected chi connectivity index (χ0v) is 12.1. The Kier molecular flexibility index (Phi) is 4.18. The molecule has 1 atom stereocenters. The van der Waals surface area contributed by atoms with Gasteiger partial charge in [0.05, 0.1) is 6.61 Å². The lowest BCUT2D eigenvalue weighted by Gasteiger charge is -2.31. The predicted molar refractivity (Wildman–Crippen MR) is 74.1 cm³/mol. The Hall–Kier alpha value is -1.75. The smallest absolute Gasteiger partial charge is 0.356 e. The molecule has 5 nitrogen and oxygen atoms in total. The van der Waals surface area contributed by atoms with Crippen LogP contribution in [0.1, 0.15) is 19.8 Å². The summed E-state index contributed by atoms with van der Waals surface area (Å²) in [5.74, 6) is -0.876. The molecule has 2 aliphatic rings. The third-order valence-corrected chi connectivity index (χ3v) is 3.52. The second kappa shape index (κ2) is 5.71. The summed E-state index contributed by atoms with van der Waals surface area (Å²) in [6.45, 7) is 2.35. The number of carbonyl (C=O) groups excluding carboxylic acids is 1. The predicted octanol–water partition coefficient (Wildman–Crippen LogP) is 2.05. The van der Waals surface area contributed by atoms with Gasteiger partial charge in [-0.25, -0.2) is 4.79 Å². The van der Waals surface area contributed by atoms with E-state index in [0.717, 1.165) is 12.0 Å². The van der Waals surface area contributed by atoms with Crippen LogP contribution in [0.5, 0.6) is 0 Å². The number of carboxylic acid groups (broad SMARTS) is 1. The lowest BCUT2D eigenvalue weighted by atomic mass is 9.89. The molecule has 0 fully saturated rings. The van der Waals surface area contributed by atoms with E-state index in [-0.39, 0.29) is 23.7 Å². The quantitative estimate of drug-likeness (QED) is 0.804. The zero-order chi connectivity index (χ0) is 14.9. The molecular formula is C14H16ClNO4. The number of hydrogen-bond acceptors (Lipinski definition) is 4. The first kappa shape index (κ1) is 14.7. The molecule has 0 aromatic heterocycles. The summed E-state index contributed by atoms with van der Waals surface area (Å²) in [5, 5.41) is 8.62. The normalized spacial score (nSPS) is 22.2. The maximum Gasteiger partial charge on any atom is 0.356 e. The third kappa shape index (κ3) is 2.58. The Morgan fingerprint density at radius 1 is 1.60 bits per heavy atom. The van der Waals surface area contributed by atoms with Crippen molar-refractivity contribution < 1.29 is 19.4 Å². The van der Waals surface area contributed by atoms with Crippen molar-refractivity contribution in [2.45, 2.75) is 25.1 Å². The van der Waals surface area contributed by atoms with Gasteiger partial charge in [-0.2, -0.15) is 0 Å². The van der Waals surface area contributed by atoms with Gasteiger partial charge >= 0.3 is 5.97 Å². The molecule has 20 heavy (non-hydrogen) atoms. The highest BCUT2D eigenvalue weighted by atomic mass is 35.5. The van der Waals surface area contributed by atoms with Crippen LogP contribution in [0.4, 0.5) is 0 Å². The highest BCUT2D eigenvalue weighted by Gasteiger charge is 2.34. The molecule has 6 heteroatoms. The summed E-state index contributed by atoms with van der Waals surface area (Å²) in [5.41, 5.74) is 1.42. The van der Waals surface area contributed by atoms with Crippen LogP contribution in [-0.4, -0.2) is 40.8 Å². The van der Waals surface area contributed by atoms with Gasteiger partial charge in [0, 0.05) is 25.2 Å². The fraction of sp³-hybridized carbons (Fsp3) is 0.429. The monoisotopic (exact) mass is 297 g/mol. The first-order valence-corrected chi connectivity index (χ1v) is 6.82. The lowest BCUT2D eigenvalue weighted by molar-refractivity contribution is -0.134. The van der Waals surface area contributed by atoms with Crippen molar-refractivity contribution in [3.63, 3.8) is 0 Å². The Morgan fingerprint density at radius 3 is 2.90 bits per heavy atom. The highest BCUT2D eigenvalue weighted by molar-refractivity contribution is 6.33. The number of aliphatic carboxylic acids is 1. The van der Waals surface area contributed by atoms with Crippen molar-refractivity contribution in [1.29, 1.82) is 0 Å². The number of fused-ring (bicyclic) bond motifs is 1. The van der Waals surface area contributed by atoms with Crippen molar-refractivity contribution in [3.8, 4) is 0 Å². The van der Waals surface area contributed by atoms with Crippen LogP contribution in [0.25, 0.3) is 0 Å². The molecule has 1 N–H and O–H groups in total. The van der Waals surface area contributed by atoms with Crippen LogP contribution in [0, 0.1) is 0 Å². The van der Waals surface area contributed by atoms with E-state index < -0.39 is 11.3 Å². The Bertz CT molecular complexity index is 547. The zero-order valence-electron chi connectivity index (χ0n) is 11.4. The van der Waals surface area contributed by atoms with Crippen molar-refractivity contribution in [3.05, 3.63) is 34.9 Å². The van der Waals surface area contributed by atoms with Crippen molar-refractivity contribution >= 4 is 23.4 Å². The van der Waals surface area contributed by atoms with Gasteiger partial charge < -0.3 is 14.7 Å². The standard InChI is InChI=1S/C14H16ClNO4/c1-3-4-20-13-9-6-10(15)11(17)5-8(9)7-16(2)12(13)14(18)19/h6-7,10H,3-5H2,1-2H3,(H,18,19). The molecule has 1 heterocycles. The summed E-state index contributed by atoms with van der Waals surface area (Å²) in [4.78, 5) is 24.6. The Balaban J connectivity index is 2.51. The summed E-state index contributed by atoms with van der Waals surface area (Å²) >= 11 is 5.96. The molecule has 2 rings (SSSR count). The number of rotatable bonds is 4. The molecule has 0 amide bonds. The van der Waals surface area contributed by atoms with Crippen LogP contribution >= 0.6 is 11.6 Å². The molecule has 0 aromatic rings. The average molecular weight is 298 g/mol. The molecule has 0 saturated heterocycles. The summed E-state index contributed by atoms with van der Waals surface area (Å²) in [6.07, 6.45) is 4.17. The number of alkyl halides is 1. The number of carboxylic acids is 1. The van der Waals surface area contributed by atoms with Crippen LogP contribution in [0.2, 0.25) is 0 Å². The van der Waals surface area contributed by atoms with Gasteiger partial charge in [0.1, 0.15) is 5.38 Å². The van der Waals surface area contributed by atoms with Gasteiger partial charge in [0.15, 0.2) is 17.2 Å². The second-order valence-corrected chi connectivity index (χ2v) is 5.19. The van der Waals surface area contributed by atoms with Crippen molar-refractivity contribution in [2.24, 2.45) is 0 Å². The minimum absolute atomic E-state index is 0.0617. The van der Waals surface area contributed by atoms with Gasteiger partial charge in [0.25, 0.3) is 0 Å².